The van der Waals surface area contributed by atoms with Gasteiger partial charge in [-0.05, 0) is 64.3 Å². The Labute approximate surface area is 194 Å². The van der Waals surface area contributed by atoms with Crippen LogP contribution in [0.3, 0.4) is 0 Å². The van der Waals surface area contributed by atoms with Crippen molar-refractivity contribution in [1.29, 1.82) is 0 Å². The lowest BCUT2D eigenvalue weighted by Gasteiger charge is -2.09. The van der Waals surface area contributed by atoms with Crippen LogP contribution in [0.1, 0.15) is 27.2 Å². The summed E-state index contributed by atoms with van der Waals surface area (Å²) >= 11 is 3.52. The molecule has 3 aromatic carbocycles. The summed E-state index contributed by atoms with van der Waals surface area (Å²) in [5, 5.41) is 4.81. The molecular weight excluding hydrogens is 472 g/mol. The summed E-state index contributed by atoms with van der Waals surface area (Å²) in [6.07, 6.45) is 1.55. The quantitative estimate of drug-likeness (QED) is 0.259. The second-order valence-electron chi connectivity index (χ2n) is 7.15. The van der Waals surface area contributed by atoms with Gasteiger partial charge in [0.05, 0.1) is 17.8 Å². The number of ether oxygens (including phenoxy) is 2. The van der Waals surface area contributed by atoms with E-state index in [9.17, 15) is 4.79 Å². The van der Waals surface area contributed by atoms with Crippen LogP contribution in [-0.2, 0) is 6.61 Å². The van der Waals surface area contributed by atoms with Gasteiger partial charge in [-0.15, -0.1) is 0 Å². The van der Waals surface area contributed by atoms with Gasteiger partial charge in [-0.1, -0.05) is 42.0 Å². The lowest BCUT2D eigenvalue weighted by Crippen LogP contribution is -2.16. The van der Waals surface area contributed by atoms with Crippen LogP contribution >= 0.6 is 15.9 Å². The Kier molecular flexibility index (Phi) is 6.56. The first-order valence-corrected chi connectivity index (χ1v) is 10.7. The Morgan fingerprint density at radius 1 is 1.09 bits per heavy atom. The van der Waals surface area contributed by atoms with E-state index >= 15 is 0 Å². The minimum Gasteiger partial charge on any atom is -0.493 e. The van der Waals surface area contributed by atoms with Crippen LogP contribution in [0, 0.1) is 6.92 Å². The lowest BCUT2D eigenvalue weighted by atomic mass is 10.2. The number of benzene rings is 3. The summed E-state index contributed by atoms with van der Waals surface area (Å²) in [5.41, 5.74) is 6.11. The molecule has 1 N–H and O–H groups in total. The molecule has 0 atom stereocenters. The number of hydrogen-bond donors (Lipinski definition) is 1. The number of halogens is 1. The Morgan fingerprint density at radius 2 is 1.91 bits per heavy atom. The first-order valence-electron chi connectivity index (χ1n) is 9.91. The Hall–Kier alpha value is -3.58. The van der Waals surface area contributed by atoms with Gasteiger partial charge in [0.2, 0.25) is 0 Å². The fraction of sp³-hybridized carbons (Fsp3) is 0.120. The lowest BCUT2D eigenvalue weighted by molar-refractivity contribution is 0.0929. The molecule has 1 aromatic heterocycles. The van der Waals surface area contributed by atoms with Crippen molar-refractivity contribution in [2.75, 3.05) is 7.11 Å². The van der Waals surface area contributed by atoms with Crippen molar-refractivity contribution in [2.24, 2.45) is 5.10 Å². The van der Waals surface area contributed by atoms with Crippen molar-refractivity contribution >= 4 is 39.0 Å². The summed E-state index contributed by atoms with van der Waals surface area (Å²) in [5.74, 6) is 1.00. The number of para-hydroxylation sites is 1. The SMILES string of the molecule is COc1cccc2cc(C(=O)N/N=C\c3ccc(OCc4ccc(C)cc4)c(Br)c3)oc12. The van der Waals surface area contributed by atoms with Gasteiger partial charge in [0, 0.05) is 5.39 Å². The highest BCUT2D eigenvalue weighted by Gasteiger charge is 2.14. The minimum absolute atomic E-state index is 0.155. The van der Waals surface area contributed by atoms with E-state index < -0.39 is 5.91 Å². The summed E-state index contributed by atoms with van der Waals surface area (Å²) < 4.78 is 17.6. The molecule has 0 saturated heterocycles. The van der Waals surface area contributed by atoms with Crippen LogP contribution in [0.15, 0.2) is 80.7 Å². The maximum atomic E-state index is 12.4. The average molecular weight is 493 g/mol. The number of carbonyl (C=O) groups is 1. The molecular formula is C25H21BrN2O4. The Balaban J connectivity index is 1.37. The molecule has 0 saturated carbocycles. The van der Waals surface area contributed by atoms with Crippen molar-refractivity contribution in [2.45, 2.75) is 13.5 Å². The number of hydrazone groups is 1. The molecule has 32 heavy (non-hydrogen) atoms. The molecule has 162 valence electrons. The summed E-state index contributed by atoms with van der Waals surface area (Å²) in [7, 11) is 1.55. The van der Waals surface area contributed by atoms with Crippen molar-refractivity contribution < 1.29 is 18.7 Å². The maximum Gasteiger partial charge on any atom is 0.307 e. The number of furan rings is 1. The van der Waals surface area contributed by atoms with Gasteiger partial charge in [-0.2, -0.15) is 5.10 Å². The van der Waals surface area contributed by atoms with E-state index in [1.165, 1.54) is 5.56 Å². The van der Waals surface area contributed by atoms with E-state index in [1.54, 1.807) is 25.5 Å². The van der Waals surface area contributed by atoms with Gasteiger partial charge in [-0.25, -0.2) is 5.43 Å². The smallest absolute Gasteiger partial charge is 0.307 e. The van der Waals surface area contributed by atoms with Crippen LogP contribution < -0.4 is 14.9 Å². The number of carbonyl (C=O) groups excluding carboxylic acids is 1. The van der Waals surface area contributed by atoms with Crippen molar-refractivity contribution in [3.05, 3.63) is 93.7 Å². The van der Waals surface area contributed by atoms with Crippen molar-refractivity contribution in [3.8, 4) is 11.5 Å². The monoisotopic (exact) mass is 492 g/mol. The third kappa shape index (κ3) is 5.00. The van der Waals surface area contributed by atoms with E-state index in [2.05, 4.69) is 45.5 Å². The highest BCUT2D eigenvalue weighted by atomic mass is 79.9. The molecule has 0 spiro atoms. The van der Waals surface area contributed by atoms with E-state index in [4.69, 9.17) is 13.9 Å². The fourth-order valence-electron chi connectivity index (χ4n) is 3.09. The first-order chi connectivity index (χ1) is 15.5. The number of methoxy groups -OCH3 is 1. The fourth-order valence-corrected chi connectivity index (χ4v) is 3.60. The minimum atomic E-state index is -0.448. The second-order valence-corrected chi connectivity index (χ2v) is 8.01. The molecule has 4 aromatic rings. The van der Waals surface area contributed by atoms with Crippen LogP contribution in [-0.4, -0.2) is 19.2 Å². The normalized spacial score (nSPS) is 11.1. The van der Waals surface area contributed by atoms with Gasteiger partial charge in [0.1, 0.15) is 12.4 Å². The highest BCUT2D eigenvalue weighted by molar-refractivity contribution is 9.10. The molecule has 0 unspecified atom stereocenters. The first kappa shape index (κ1) is 21.6. The summed E-state index contributed by atoms with van der Waals surface area (Å²) in [6, 6.07) is 20.9. The molecule has 7 heteroatoms. The molecule has 0 fully saturated rings. The molecule has 0 aliphatic rings. The van der Waals surface area contributed by atoms with Gasteiger partial charge >= 0.3 is 5.91 Å². The van der Waals surface area contributed by atoms with E-state index in [-0.39, 0.29) is 5.76 Å². The number of amides is 1. The molecule has 1 amide bonds. The zero-order chi connectivity index (χ0) is 22.5. The zero-order valence-corrected chi connectivity index (χ0v) is 19.2. The summed E-state index contributed by atoms with van der Waals surface area (Å²) in [6.45, 7) is 2.53. The molecule has 1 heterocycles. The Morgan fingerprint density at radius 3 is 2.66 bits per heavy atom. The standard InChI is InChI=1S/C25H21BrN2O4/c1-16-6-8-17(9-7-16)15-31-21-11-10-18(12-20(21)26)14-27-28-25(29)23-13-19-4-3-5-22(30-2)24(19)32-23/h3-14H,15H2,1-2H3,(H,28,29)/b27-14-. The molecule has 0 aliphatic heterocycles. The van der Waals surface area contributed by atoms with Gasteiger partial charge < -0.3 is 13.9 Å². The third-order valence-corrected chi connectivity index (χ3v) is 5.42. The maximum absolute atomic E-state index is 12.4. The Bertz CT molecular complexity index is 1280. The average Bonchev–Trinajstić information content (AvgIpc) is 3.24. The van der Waals surface area contributed by atoms with Crippen molar-refractivity contribution in [3.63, 3.8) is 0 Å². The number of hydrogen-bond acceptors (Lipinski definition) is 5. The van der Waals surface area contributed by atoms with Crippen LogP contribution in [0.2, 0.25) is 0 Å². The molecule has 6 nitrogen and oxygen atoms in total. The number of rotatable bonds is 7. The third-order valence-electron chi connectivity index (χ3n) is 4.80. The predicted molar refractivity (Wildman–Crippen MR) is 127 cm³/mol. The van der Waals surface area contributed by atoms with Crippen LogP contribution in [0.25, 0.3) is 11.0 Å². The topological polar surface area (TPSA) is 73.1 Å². The van der Waals surface area contributed by atoms with Gasteiger partial charge in [-0.3, -0.25) is 4.79 Å². The van der Waals surface area contributed by atoms with Gasteiger partial charge in [0.15, 0.2) is 17.1 Å². The molecule has 0 aliphatic carbocycles. The number of fused-ring (bicyclic) bond motifs is 1. The molecule has 0 radical (unpaired) electrons. The molecule has 0 bridgehead atoms. The van der Waals surface area contributed by atoms with E-state index in [0.29, 0.717) is 17.9 Å². The largest absolute Gasteiger partial charge is 0.493 e. The van der Waals surface area contributed by atoms with Gasteiger partial charge in [0.25, 0.3) is 0 Å². The molecule has 4 rings (SSSR count). The van der Waals surface area contributed by atoms with E-state index in [0.717, 1.165) is 26.7 Å². The predicted octanol–water partition coefficient (Wildman–Crippen LogP) is 5.86. The van der Waals surface area contributed by atoms with Crippen LogP contribution in [0.5, 0.6) is 11.5 Å². The highest BCUT2D eigenvalue weighted by Crippen LogP contribution is 2.28. The zero-order valence-electron chi connectivity index (χ0n) is 17.6. The number of nitrogens with one attached hydrogen (secondary N) is 1. The van der Waals surface area contributed by atoms with Crippen molar-refractivity contribution in [1.82, 2.24) is 5.43 Å². The summed E-state index contributed by atoms with van der Waals surface area (Å²) in [4.78, 5) is 12.4. The number of aryl methyl sites for hydroxylation is 1. The van der Waals surface area contributed by atoms with E-state index in [1.807, 2.05) is 42.5 Å². The van der Waals surface area contributed by atoms with Crippen LogP contribution in [0.4, 0.5) is 0 Å². The second kappa shape index (κ2) is 9.70. The number of nitrogens with zero attached hydrogens (tertiary/aromatic N) is 1.